The third-order valence-electron chi connectivity index (χ3n) is 2.21. The van der Waals surface area contributed by atoms with Gasteiger partial charge in [0.15, 0.2) is 16.4 Å². The van der Waals surface area contributed by atoms with Gasteiger partial charge in [-0.1, -0.05) is 24.1 Å². The number of sulfone groups is 1. The quantitative estimate of drug-likeness (QED) is 0.577. The summed E-state index contributed by atoms with van der Waals surface area (Å²) in [5, 5.41) is 0. The summed E-state index contributed by atoms with van der Waals surface area (Å²) in [6.07, 6.45) is 5.20. The minimum atomic E-state index is -3.32. The molecular weight excluding hydrogens is 252 g/mol. The maximum atomic E-state index is 11.8. The van der Waals surface area contributed by atoms with Crippen LogP contribution in [0.15, 0.2) is 35.2 Å². The predicted molar refractivity (Wildman–Crippen MR) is 67.5 cm³/mol. The first-order valence-electron chi connectivity index (χ1n) is 5.43. The molecule has 0 atom stereocenters. The summed E-state index contributed by atoms with van der Waals surface area (Å²) < 4.78 is 28.3. The molecule has 0 amide bonds. The second kappa shape index (κ2) is 6.82. The molecule has 0 heterocycles. The van der Waals surface area contributed by atoms with Crippen LogP contribution in [0, 0.1) is 12.3 Å². The summed E-state index contributed by atoms with van der Waals surface area (Å²) in [5.74, 6) is 1.61. The predicted octanol–water partition coefficient (Wildman–Crippen LogP) is 1.42. The van der Waals surface area contributed by atoms with Crippen molar-refractivity contribution in [3.05, 3.63) is 30.3 Å². The summed E-state index contributed by atoms with van der Waals surface area (Å²) in [6.45, 7) is -0.0791. The molecule has 0 bridgehead atoms. The summed E-state index contributed by atoms with van der Waals surface area (Å²) in [7, 11) is -3.32. The number of hydrogen-bond donors (Lipinski definition) is 0. The van der Waals surface area contributed by atoms with Gasteiger partial charge in [0, 0.05) is 6.42 Å². The van der Waals surface area contributed by atoms with Gasteiger partial charge in [0.25, 0.3) is 0 Å². The highest BCUT2D eigenvalue weighted by atomic mass is 32.2. The third kappa shape index (κ3) is 4.60. The molecule has 0 spiro atoms. The molecule has 0 aliphatic rings. The molecule has 5 heteroatoms. The molecule has 0 aliphatic heterocycles. The molecule has 0 saturated heterocycles. The van der Waals surface area contributed by atoms with Gasteiger partial charge in [-0.05, 0) is 18.6 Å². The van der Waals surface area contributed by atoms with Crippen molar-refractivity contribution in [2.45, 2.75) is 17.7 Å². The van der Waals surface area contributed by atoms with Crippen molar-refractivity contribution in [3.63, 3.8) is 0 Å². The summed E-state index contributed by atoms with van der Waals surface area (Å²) >= 11 is 0. The Kier molecular flexibility index (Phi) is 5.40. The van der Waals surface area contributed by atoms with E-state index in [1.807, 2.05) is 0 Å². The Morgan fingerprint density at radius 1 is 1.28 bits per heavy atom. The first-order valence-corrected chi connectivity index (χ1v) is 7.08. The van der Waals surface area contributed by atoms with Crippen molar-refractivity contribution in [2.75, 3.05) is 12.4 Å². The topological polar surface area (TPSA) is 60.4 Å². The Labute approximate surface area is 107 Å². The fraction of sp³-hybridized carbons (Fsp3) is 0.308. The molecule has 4 nitrogen and oxygen atoms in total. The average Bonchev–Trinajstić information content (AvgIpc) is 2.37. The lowest BCUT2D eigenvalue weighted by molar-refractivity contribution is -0.142. The molecular formula is C13H14O4S. The third-order valence-corrected chi connectivity index (χ3v) is 4.03. The van der Waals surface area contributed by atoms with E-state index >= 15 is 0 Å². The standard InChI is InChI=1S/C13H14O4S/c1-2-10-17-13(14)9-6-11-18(15,16)12-7-4-3-5-8-12/h1,3-5,7-8H,6,9-11H2. The Hall–Kier alpha value is -1.80. The minimum absolute atomic E-state index is 0.0493. The molecule has 0 aromatic heterocycles. The molecule has 0 N–H and O–H groups in total. The number of hydrogen-bond acceptors (Lipinski definition) is 4. The smallest absolute Gasteiger partial charge is 0.306 e. The zero-order valence-corrected chi connectivity index (χ0v) is 10.7. The van der Waals surface area contributed by atoms with Crippen molar-refractivity contribution in [2.24, 2.45) is 0 Å². The van der Waals surface area contributed by atoms with Gasteiger partial charge < -0.3 is 4.74 Å². The van der Waals surface area contributed by atoms with Crippen LogP contribution in [-0.4, -0.2) is 26.7 Å². The number of carbonyl (C=O) groups is 1. The van der Waals surface area contributed by atoms with E-state index in [1.54, 1.807) is 18.2 Å². The number of esters is 1. The van der Waals surface area contributed by atoms with E-state index < -0.39 is 15.8 Å². The van der Waals surface area contributed by atoms with Gasteiger partial charge in [-0.2, -0.15) is 0 Å². The monoisotopic (exact) mass is 266 g/mol. The molecule has 1 aromatic carbocycles. The molecule has 1 rings (SSSR count). The van der Waals surface area contributed by atoms with E-state index in [2.05, 4.69) is 10.7 Å². The van der Waals surface area contributed by atoms with Gasteiger partial charge in [-0.25, -0.2) is 8.42 Å². The normalized spacial score (nSPS) is 10.6. The van der Waals surface area contributed by atoms with Crippen molar-refractivity contribution in [1.82, 2.24) is 0 Å². The summed E-state index contributed by atoms with van der Waals surface area (Å²) in [5.41, 5.74) is 0. The van der Waals surface area contributed by atoms with Gasteiger partial charge >= 0.3 is 5.97 Å². The van der Waals surface area contributed by atoms with Gasteiger partial charge in [0.2, 0.25) is 0 Å². The van der Waals surface area contributed by atoms with E-state index in [-0.39, 0.29) is 30.1 Å². The maximum absolute atomic E-state index is 11.8. The van der Waals surface area contributed by atoms with Crippen molar-refractivity contribution >= 4 is 15.8 Å². The first kappa shape index (κ1) is 14.3. The van der Waals surface area contributed by atoms with Gasteiger partial charge in [-0.15, -0.1) is 6.42 Å². The van der Waals surface area contributed by atoms with E-state index in [9.17, 15) is 13.2 Å². The Balaban J connectivity index is 2.45. The van der Waals surface area contributed by atoms with Crippen LogP contribution in [0.2, 0.25) is 0 Å². The number of rotatable bonds is 6. The van der Waals surface area contributed by atoms with Crippen molar-refractivity contribution in [3.8, 4) is 12.3 Å². The van der Waals surface area contributed by atoms with Crippen LogP contribution in [0.5, 0.6) is 0 Å². The van der Waals surface area contributed by atoms with Crippen LogP contribution < -0.4 is 0 Å². The van der Waals surface area contributed by atoms with Gasteiger partial charge in [0.1, 0.15) is 0 Å². The molecule has 0 saturated carbocycles. The Morgan fingerprint density at radius 3 is 2.56 bits per heavy atom. The summed E-state index contributed by atoms with van der Waals surface area (Å²) in [4.78, 5) is 11.4. The highest BCUT2D eigenvalue weighted by Crippen LogP contribution is 2.11. The van der Waals surface area contributed by atoms with E-state index in [0.717, 1.165) is 0 Å². The highest BCUT2D eigenvalue weighted by Gasteiger charge is 2.14. The molecule has 18 heavy (non-hydrogen) atoms. The Morgan fingerprint density at radius 2 is 1.94 bits per heavy atom. The van der Waals surface area contributed by atoms with Crippen LogP contribution >= 0.6 is 0 Å². The van der Waals surface area contributed by atoms with E-state index in [1.165, 1.54) is 12.1 Å². The largest absolute Gasteiger partial charge is 0.452 e. The highest BCUT2D eigenvalue weighted by molar-refractivity contribution is 7.91. The molecule has 0 fully saturated rings. The number of benzene rings is 1. The van der Waals surface area contributed by atoms with Gasteiger partial charge in [0.05, 0.1) is 10.6 Å². The lowest BCUT2D eigenvalue weighted by Crippen LogP contribution is -2.10. The summed E-state index contributed by atoms with van der Waals surface area (Å²) in [6, 6.07) is 8.14. The van der Waals surface area contributed by atoms with Crippen LogP contribution in [0.4, 0.5) is 0 Å². The van der Waals surface area contributed by atoms with Gasteiger partial charge in [-0.3, -0.25) is 4.79 Å². The van der Waals surface area contributed by atoms with Crippen molar-refractivity contribution in [1.29, 1.82) is 0 Å². The molecule has 0 unspecified atom stereocenters. The second-order valence-corrected chi connectivity index (χ2v) is 5.71. The van der Waals surface area contributed by atoms with Crippen molar-refractivity contribution < 1.29 is 17.9 Å². The van der Waals surface area contributed by atoms with Crippen LogP contribution in [-0.2, 0) is 19.4 Å². The van der Waals surface area contributed by atoms with E-state index in [4.69, 9.17) is 6.42 Å². The molecule has 1 aromatic rings. The number of terminal acetylenes is 1. The van der Waals surface area contributed by atoms with E-state index in [0.29, 0.717) is 0 Å². The second-order valence-electron chi connectivity index (χ2n) is 3.60. The van der Waals surface area contributed by atoms with Crippen LogP contribution in [0.3, 0.4) is 0 Å². The van der Waals surface area contributed by atoms with Crippen LogP contribution in [0.25, 0.3) is 0 Å². The minimum Gasteiger partial charge on any atom is -0.452 e. The number of ether oxygens (including phenoxy) is 1. The lowest BCUT2D eigenvalue weighted by atomic mass is 10.3. The molecule has 0 aliphatic carbocycles. The maximum Gasteiger partial charge on any atom is 0.306 e. The average molecular weight is 266 g/mol. The molecule has 96 valence electrons. The zero-order valence-electron chi connectivity index (χ0n) is 9.83. The SMILES string of the molecule is C#CCOC(=O)CCCS(=O)(=O)c1ccccc1. The lowest BCUT2D eigenvalue weighted by Gasteiger charge is -2.04. The molecule has 0 radical (unpaired) electrons. The fourth-order valence-corrected chi connectivity index (χ4v) is 2.68. The zero-order chi connectivity index (χ0) is 13.4. The fourth-order valence-electron chi connectivity index (χ4n) is 1.35. The Bertz CT molecular complexity index is 526. The first-order chi connectivity index (χ1) is 8.56. The van der Waals surface area contributed by atoms with Crippen LogP contribution in [0.1, 0.15) is 12.8 Å². The number of carbonyl (C=O) groups excluding carboxylic acids is 1.